The normalized spacial score (nSPS) is 15.6. The van der Waals surface area contributed by atoms with Crippen molar-refractivity contribution in [3.05, 3.63) is 21.4 Å². The molecule has 1 fully saturated rings. The van der Waals surface area contributed by atoms with Crippen LogP contribution in [0.25, 0.3) is 10.2 Å². The van der Waals surface area contributed by atoms with Crippen LogP contribution < -0.4 is 0 Å². The maximum Gasteiger partial charge on any atom is 0.145 e. The molecule has 0 aromatic carbocycles. The topological polar surface area (TPSA) is 29.0 Å². The van der Waals surface area contributed by atoms with E-state index in [4.69, 9.17) is 11.6 Å². The molecule has 1 aliphatic rings. The van der Waals surface area contributed by atoms with Crippen LogP contribution >= 0.6 is 22.9 Å². The van der Waals surface area contributed by atoms with Crippen molar-refractivity contribution in [1.29, 1.82) is 0 Å². The number of halogens is 1. The first-order chi connectivity index (χ1) is 9.04. The van der Waals surface area contributed by atoms with Crippen LogP contribution in [0, 0.1) is 19.8 Å². The zero-order chi connectivity index (χ0) is 13.6. The van der Waals surface area contributed by atoms with Gasteiger partial charge < -0.3 is 0 Å². The van der Waals surface area contributed by atoms with E-state index in [9.17, 15) is 0 Å². The number of hydrogen-bond acceptors (Lipinski definition) is 4. The number of fused-ring (bicyclic) bond motifs is 1. The van der Waals surface area contributed by atoms with Gasteiger partial charge in [-0.3, -0.25) is 4.90 Å². The fourth-order valence-corrected chi connectivity index (χ4v) is 3.79. The van der Waals surface area contributed by atoms with E-state index in [1.165, 1.54) is 23.3 Å². The highest BCUT2D eigenvalue weighted by Crippen LogP contribution is 2.33. The van der Waals surface area contributed by atoms with Crippen LogP contribution in [0.3, 0.4) is 0 Å². The predicted octanol–water partition coefficient (Wildman–Crippen LogP) is 3.80. The fraction of sp³-hybridized carbons (Fsp3) is 0.571. The monoisotopic (exact) mass is 295 g/mol. The molecule has 2 heterocycles. The van der Waals surface area contributed by atoms with Crippen molar-refractivity contribution < 1.29 is 0 Å². The van der Waals surface area contributed by atoms with Crippen molar-refractivity contribution >= 4 is 33.2 Å². The van der Waals surface area contributed by atoms with Gasteiger partial charge in [-0.05, 0) is 45.2 Å². The summed E-state index contributed by atoms with van der Waals surface area (Å²) in [6.07, 6.45) is 2.74. The highest BCUT2D eigenvalue weighted by Gasteiger charge is 2.23. The molecular weight excluding hydrogens is 278 g/mol. The largest absolute Gasteiger partial charge is 0.299 e. The van der Waals surface area contributed by atoms with Gasteiger partial charge in [-0.15, -0.1) is 11.3 Å². The molecular formula is C14H18ClN3S. The summed E-state index contributed by atoms with van der Waals surface area (Å²) in [6.45, 7) is 6.11. The first-order valence-electron chi connectivity index (χ1n) is 6.65. The van der Waals surface area contributed by atoms with Crippen LogP contribution in [0.4, 0.5) is 0 Å². The molecule has 0 amide bonds. The van der Waals surface area contributed by atoms with Gasteiger partial charge in [0, 0.05) is 11.4 Å². The highest BCUT2D eigenvalue weighted by molar-refractivity contribution is 7.18. The Kier molecular flexibility index (Phi) is 3.50. The minimum absolute atomic E-state index is 0.599. The second-order valence-electron chi connectivity index (χ2n) is 5.53. The Hall–Kier alpha value is -0.710. The maximum atomic E-state index is 6.32. The summed E-state index contributed by atoms with van der Waals surface area (Å²) in [5.41, 5.74) is 1.21. The summed E-state index contributed by atoms with van der Waals surface area (Å²) < 4.78 is 0. The summed E-state index contributed by atoms with van der Waals surface area (Å²) >= 11 is 8.03. The minimum Gasteiger partial charge on any atom is -0.299 e. The lowest BCUT2D eigenvalue weighted by molar-refractivity contribution is 0.306. The van der Waals surface area contributed by atoms with Gasteiger partial charge in [0.05, 0.1) is 11.9 Å². The quantitative estimate of drug-likeness (QED) is 0.803. The smallest absolute Gasteiger partial charge is 0.145 e. The van der Waals surface area contributed by atoms with Gasteiger partial charge in [-0.25, -0.2) is 9.97 Å². The first kappa shape index (κ1) is 13.3. The average Bonchev–Trinajstić information content (AvgIpc) is 3.06. The Balaban J connectivity index is 1.87. The predicted molar refractivity (Wildman–Crippen MR) is 81.0 cm³/mol. The molecule has 1 aliphatic carbocycles. The van der Waals surface area contributed by atoms with Crippen molar-refractivity contribution in [1.82, 2.24) is 14.9 Å². The zero-order valence-corrected chi connectivity index (χ0v) is 13.1. The third-order valence-corrected chi connectivity index (χ3v) is 5.08. The molecule has 102 valence electrons. The molecule has 0 unspecified atom stereocenters. The first-order valence-corrected chi connectivity index (χ1v) is 7.84. The van der Waals surface area contributed by atoms with E-state index in [-0.39, 0.29) is 0 Å². The van der Waals surface area contributed by atoms with Gasteiger partial charge >= 0.3 is 0 Å². The Bertz CT molecular complexity index is 619. The Morgan fingerprint density at radius 3 is 2.74 bits per heavy atom. The van der Waals surface area contributed by atoms with E-state index < -0.39 is 0 Å². The van der Waals surface area contributed by atoms with Crippen molar-refractivity contribution in [2.45, 2.75) is 33.2 Å². The number of aryl methyl sites for hydroxylation is 2. The molecule has 0 spiro atoms. The van der Waals surface area contributed by atoms with Gasteiger partial charge in [0.2, 0.25) is 0 Å². The van der Waals surface area contributed by atoms with E-state index in [1.54, 1.807) is 11.3 Å². The molecule has 5 heteroatoms. The minimum atomic E-state index is 0.599. The van der Waals surface area contributed by atoms with Crippen LogP contribution in [-0.2, 0) is 6.54 Å². The van der Waals surface area contributed by atoms with Gasteiger partial charge in [-0.2, -0.15) is 0 Å². The lowest BCUT2D eigenvalue weighted by atomic mass is 10.2. The van der Waals surface area contributed by atoms with E-state index in [0.29, 0.717) is 5.15 Å². The van der Waals surface area contributed by atoms with Gasteiger partial charge in [0.1, 0.15) is 15.8 Å². The van der Waals surface area contributed by atoms with Crippen molar-refractivity contribution in [3.63, 3.8) is 0 Å². The second-order valence-corrected chi connectivity index (χ2v) is 7.10. The van der Waals surface area contributed by atoms with Crippen LogP contribution in [0.2, 0.25) is 5.15 Å². The lowest BCUT2D eigenvalue weighted by Crippen LogP contribution is -2.21. The second kappa shape index (κ2) is 5.00. The summed E-state index contributed by atoms with van der Waals surface area (Å²) in [7, 11) is 2.13. The average molecular weight is 296 g/mol. The Morgan fingerprint density at radius 1 is 1.32 bits per heavy atom. The number of nitrogens with zero attached hydrogens (tertiary/aromatic N) is 3. The van der Waals surface area contributed by atoms with Crippen molar-refractivity contribution in [2.75, 3.05) is 13.6 Å². The summed E-state index contributed by atoms with van der Waals surface area (Å²) in [6, 6.07) is 0. The van der Waals surface area contributed by atoms with Crippen LogP contribution in [0.15, 0.2) is 0 Å². The zero-order valence-electron chi connectivity index (χ0n) is 11.5. The molecule has 0 saturated heterocycles. The van der Waals surface area contributed by atoms with Gasteiger partial charge in [0.25, 0.3) is 0 Å². The number of thiophene rings is 1. The SMILES string of the molecule is Cc1sc2nc(CN(C)CC3CC3)nc(Cl)c2c1C. The molecule has 0 atom stereocenters. The lowest BCUT2D eigenvalue weighted by Gasteiger charge is -2.15. The molecule has 2 aromatic rings. The van der Waals surface area contributed by atoms with Crippen LogP contribution in [0.1, 0.15) is 29.1 Å². The summed E-state index contributed by atoms with van der Waals surface area (Å²) in [4.78, 5) is 13.7. The Morgan fingerprint density at radius 2 is 2.05 bits per heavy atom. The summed E-state index contributed by atoms with van der Waals surface area (Å²) in [5.74, 6) is 1.72. The standard InChI is InChI=1S/C14H18ClN3S/c1-8-9(2)19-14-12(8)13(15)16-11(17-14)7-18(3)6-10-4-5-10/h10H,4-7H2,1-3H3. The maximum absolute atomic E-state index is 6.32. The molecule has 0 bridgehead atoms. The van der Waals surface area contributed by atoms with E-state index in [2.05, 4.69) is 35.8 Å². The fourth-order valence-electron chi connectivity index (χ4n) is 2.36. The van der Waals surface area contributed by atoms with Crippen LogP contribution in [-0.4, -0.2) is 28.5 Å². The third-order valence-electron chi connectivity index (χ3n) is 3.71. The number of aromatic nitrogens is 2. The van der Waals surface area contributed by atoms with E-state index >= 15 is 0 Å². The number of rotatable bonds is 4. The molecule has 19 heavy (non-hydrogen) atoms. The molecule has 2 aromatic heterocycles. The Labute approximate surface area is 122 Å². The molecule has 3 rings (SSSR count). The summed E-state index contributed by atoms with van der Waals surface area (Å²) in [5, 5.41) is 1.62. The molecule has 1 saturated carbocycles. The molecule has 3 nitrogen and oxygen atoms in total. The van der Waals surface area contributed by atoms with Crippen molar-refractivity contribution in [3.8, 4) is 0 Å². The van der Waals surface area contributed by atoms with E-state index in [1.807, 2.05) is 0 Å². The number of hydrogen-bond donors (Lipinski definition) is 0. The van der Waals surface area contributed by atoms with Crippen molar-refractivity contribution in [2.24, 2.45) is 5.92 Å². The van der Waals surface area contributed by atoms with E-state index in [0.717, 1.165) is 35.0 Å². The molecule has 0 radical (unpaired) electrons. The molecule has 0 aliphatic heterocycles. The molecule has 0 N–H and O–H groups in total. The third kappa shape index (κ3) is 2.76. The van der Waals surface area contributed by atoms with Crippen LogP contribution in [0.5, 0.6) is 0 Å². The highest BCUT2D eigenvalue weighted by atomic mass is 35.5. The van der Waals surface area contributed by atoms with Gasteiger partial charge in [-0.1, -0.05) is 11.6 Å². The van der Waals surface area contributed by atoms with Gasteiger partial charge in [0.15, 0.2) is 0 Å².